The molecule has 2 aromatic carbocycles. The van der Waals surface area contributed by atoms with E-state index in [-0.39, 0.29) is 35.6 Å². The first-order valence-corrected chi connectivity index (χ1v) is 15.7. The van der Waals surface area contributed by atoms with Gasteiger partial charge >= 0.3 is 0 Å². The van der Waals surface area contributed by atoms with Gasteiger partial charge in [0.25, 0.3) is 0 Å². The summed E-state index contributed by atoms with van der Waals surface area (Å²) >= 11 is 12.3. The summed E-state index contributed by atoms with van der Waals surface area (Å²) in [5.74, 6) is -0.0515. The first-order valence-electron chi connectivity index (χ1n) is 13.5. The van der Waals surface area contributed by atoms with Crippen LogP contribution in [0.4, 0.5) is 0 Å². The molecule has 0 aliphatic carbocycles. The van der Waals surface area contributed by atoms with Crippen LogP contribution < -0.4 is 0 Å². The first-order chi connectivity index (χ1) is 18.7. The van der Waals surface area contributed by atoms with Crippen LogP contribution in [0.15, 0.2) is 47.4 Å². The van der Waals surface area contributed by atoms with Crippen LogP contribution in [-0.4, -0.2) is 105 Å². The zero-order chi connectivity index (χ0) is 27.6. The number of halogens is 2. The number of carbonyl (C=O) groups is 1. The summed E-state index contributed by atoms with van der Waals surface area (Å²) in [6.45, 7) is 5.66. The minimum Gasteiger partial charge on any atom is -0.370 e. The van der Waals surface area contributed by atoms with Crippen molar-refractivity contribution >= 4 is 39.1 Å². The van der Waals surface area contributed by atoms with Gasteiger partial charge in [-0.05, 0) is 68.7 Å². The Morgan fingerprint density at radius 2 is 1.67 bits per heavy atom. The molecule has 3 heterocycles. The summed E-state index contributed by atoms with van der Waals surface area (Å²) in [6, 6.07) is 12.3. The fourth-order valence-corrected chi connectivity index (χ4v) is 8.20. The molecule has 0 aromatic heterocycles. The number of hydrogen-bond acceptors (Lipinski definition) is 6. The van der Waals surface area contributed by atoms with Gasteiger partial charge < -0.3 is 14.5 Å². The number of rotatable bonds is 7. The molecule has 3 aliphatic heterocycles. The van der Waals surface area contributed by atoms with E-state index in [1.165, 1.54) is 35.3 Å². The van der Waals surface area contributed by atoms with Gasteiger partial charge in [-0.15, -0.1) is 0 Å². The monoisotopic (exact) mass is 594 g/mol. The molecule has 3 aliphatic rings. The van der Waals surface area contributed by atoms with Crippen molar-refractivity contribution in [3.05, 3.63) is 63.6 Å². The molecule has 1 amide bonds. The van der Waals surface area contributed by atoms with Crippen molar-refractivity contribution in [1.82, 2.24) is 19.0 Å². The number of piperazine rings is 1. The summed E-state index contributed by atoms with van der Waals surface area (Å²) in [5, 5.41) is 0.448. The Kier molecular flexibility index (Phi) is 9.18. The number of amides is 1. The summed E-state index contributed by atoms with van der Waals surface area (Å²) < 4.78 is 34.8. The van der Waals surface area contributed by atoms with Crippen LogP contribution >= 0.6 is 23.2 Å². The number of hydrogen-bond donors (Lipinski definition) is 0. The normalized spacial score (nSPS) is 22.1. The van der Waals surface area contributed by atoms with Crippen LogP contribution in [0.1, 0.15) is 24.0 Å². The number of likely N-dealkylation sites (tertiary alicyclic amines) is 1. The van der Waals surface area contributed by atoms with Crippen LogP contribution in [0.2, 0.25) is 10.0 Å². The number of fused-ring (bicyclic) bond motifs is 1. The highest BCUT2D eigenvalue weighted by molar-refractivity contribution is 7.89. The maximum atomic E-state index is 13.7. The van der Waals surface area contributed by atoms with Crippen molar-refractivity contribution in [2.45, 2.75) is 42.8 Å². The summed E-state index contributed by atoms with van der Waals surface area (Å²) in [5.41, 5.74) is 2.03. The average Bonchev–Trinajstić information content (AvgIpc) is 2.93. The lowest BCUT2D eigenvalue weighted by molar-refractivity contribution is -0.138. The van der Waals surface area contributed by atoms with E-state index < -0.39 is 16.1 Å². The largest absolute Gasteiger partial charge is 0.370 e. The Morgan fingerprint density at radius 1 is 0.974 bits per heavy atom. The SMILES string of the molecule is CN1CCC(N2CCN(C(=O)COCC3Cc4ccccc4CN3S(=O)(=O)c3ccc(Cl)cc3Cl)CC2)CC1. The molecule has 2 saturated heterocycles. The number of benzene rings is 2. The van der Waals surface area contributed by atoms with Crippen molar-refractivity contribution in [2.24, 2.45) is 0 Å². The Balaban J connectivity index is 1.20. The van der Waals surface area contributed by atoms with Crippen molar-refractivity contribution in [3.8, 4) is 0 Å². The Bertz CT molecular complexity index is 1280. The van der Waals surface area contributed by atoms with Gasteiger partial charge in [-0.25, -0.2) is 8.42 Å². The average molecular weight is 596 g/mol. The van der Waals surface area contributed by atoms with E-state index in [4.69, 9.17) is 27.9 Å². The number of sulfonamides is 1. The van der Waals surface area contributed by atoms with Crippen molar-refractivity contribution in [2.75, 3.05) is 59.5 Å². The van der Waals surface area contributed by atoms with Gasteiger partial charge in [0.2, 0.25) is 15.9 Å². The zero-order valence-electron chi connectivity index (χ0n) is 22.3. The molecule has 1 atom stereocenters. The molecule has 0 saturated carbocycles. The highest BCUT2D eigenvalue weighted by Gasteiger charge is 2.37. The molecule has 5 rings (SSSR count). The number of carbonyl (C=O) groups excluding carboxylic acids is 1. The topological polar surface area (TPSA) is 73.4 Å². The maximum Gasteiger partial charge on any atom is 0.248 e. The maximum absolute atomic E-state index is 13.7. The summed E-state index contributed by atoms with van der Waals surface area (Å²) in [4.78, 5) is 19.7. The minimum absolute atomic E-state index is 0.0107. The Hall–Kier alpha value is -1.72. The van der Waals surface area contributed by atoms with Gasteiger partial charge in [-0.2, -0.15) is 4.31 Å². The number of ether oxygens (including phenoxy) is 1. The molecule has 11 heteroatoms. The summed E-state index contributed by atoms with van der Waals surface area (Å²) in [6.07, 6.45) is 2.85. The molecule has 39 heavy (non-hydrogen) atoms. The van der Waals surface area contributed by atoms with E-state index >= 15 is 0 Å². The molecular formula is C28H36Cl2N4O4S. The van der Waals surface area contributed by atoms with E-state index in [9.17, 15) is 13.2 Å². The fraction of sp³-hybridized carbons (Fsp3) is 0.536. The fourth-order valence-electron chi connectivity index (χ4n) is 5.87. The molecule has 2 fully saturated rings. The van der Waals surface area contributed by atoms with E-state index in [1.54, 1.807) is 0 Å². The second-order valence-corrected chi connectivity index (χ2v) is 13.4. The van der Waals surface area contributed by atoms with Crippen LogP contribution in [0.25, 0.3) is 0 Å². The Morgan fingerprint density at radius 3 is 2.36 bits per heavy atom. The van der Waals surface area contributed by atoms with Crippen molar-refractivity contribution in [1.29, 1.82) is 0 Å². The molecule has 0 radical (unpaired) electrons. The molecular weight excluding hydrogens is 559 g/mol. The zero-order valence-corrected chi connectivity index (χ0v) is 24.6. The number of piperidine rings is 1. The smallest absolute Gasteiger partial charge is 0.248 e. The molecule has 8 nitrogen and oxygen atoms in total. The van der Waals surface area contributed by atoms with Gasteiger partial charge in [0, 0.05) is 43.8 Å². The molecule has 0 spiro atoms. The lowest BCUT2D eigenvalue weighted by Crippen LogP contribution is -2.54. The third-order valence-electron chi connectivity index (χ3n) is 8.20. The first kappa shape index (κ1) is 28.8. The van der Waals surface area contributed by atoms with Crippen LogP contribution in [0.3, 0.4) is 0 Å². The van der Waals surface area contributed by atoms with Gasteiger partial charge in [0.1, 0.15) is 11.5 Å². The van der Waals surface area contributed by atoms with Gasteiger partial charge in [0.05, 0.1) is 17.7 Å². The van der Waals surface area contributed by atoms with Crippen LogP contribution in [-0.2, 0) is 32.5 Å². The second kappa shape index (κ2) is 12.4. The minimum atomic E-state index is -3.93. The Labute approximate surface area is 241 Å². The third-order valence-corrected chi connectivity index (χ3v) is 10.8. The highest BCUT2D eigenvalue weighted by atomic mass is 35.5. The molecule has 2 aromatic rings. The standard InChI is InChI=1S/C28H36Cl2N4O4S/c1-31-10-8-24(9-11-31)32-12-14-33(15-13-32)28(35)20-38-19-25-16-21-4-2-3-5-22(21)18-34(25)39(36,37)27-7-6-23(29)17-26(27)30/h2-7,17,24-25H,8-16,18-20H2,1H3. The van der Waals surface area contributed by atoms with Gasteiger partial charge in [0.15, 0.2) is 0 Å². The van der Waals surface area contributed by atoms with Crippen molar-refractivity contribution < 1.29 is 17.9 Å². The van der Waals surface area contributed by atoms with Gasteiger partial charge in [-0.3, -0.25) is 9.69 Å². The lowest BCUT2D eigenvalue weighted by atomic mass is 9.96. The van der Waals surface area contributed by atoms with Crippen molar-refractivity contribution in [3.63, 3.8) is 0 Å². The van der Waals surface area contributed by atoms with E-state index in [2.05, 4.69) is 16.8 Å². The summed E-state index contributed by atoms with van der Waals surface area (Å²) in [7, 11) is -1.77. The van der Waals surface area contributed by atoms with Crippen LogP contribution in [0, 0.1) is 0 Å². The van der Waals surface area contributed by atoms with E-state index in [0.29, 0.717) is 30.6 Å². The lowest BCUT2D eigenvalue weighted by Gasteiger charge is -2.42. The molecule has 212 valence electrons. The molecule has 0 bridgehead atoms. The predicted molar refractivity (Wildman–Crippen MR) is 153 cm³/mol. The van der Waals surface area contributed by atoms with E-state index in [0.717, 1.165) is 37.3 Å². The quantitative estimate of drug-likeness (QED) is 0.489. The highest BCUT2D eigenvalue weighted by Crippen LogP contribution is 2.33. The third kappa shape index (κ3) is 6.62. The van der Waals surface area contributed by atoms with Gasteiger partial charge in [-0.1, -0.05) is 47.5 Å². The predicted octanol–water partition coefficient (Wildman–Crippen LogP) is 3.36. The van der Waals surface area contributed by atoms with Crippen LogP contribution in [0.5, 0.6) is 0 Å². The number of nitrogens with zero attached hydrogens (tertiary/aromatic N) is 4. The molecule has 0 N–H and O–H groups in total. The molecule has 1 unspecified atom stereocenters. The second-order valence-electron chi connectivity index (χ2n) is 10.7. The van der Waals surface area contributed by atoms with E-state index in [1.807, 2.05) is 29.2 Å².